The monoisotopic (exact) mass is 861 g/mol. The second-order valence-corrected chi connectivity index (χ2v) is 20.6. The van der Waals surface area contributed by atoms with Crippen molar-refractivity contribution in [3.63, 3.8) is 0 Å². The number of benzene rings is 8. The van der Waals surface area contributed by atoms with Crippen molar-refractivity contribution in [3.8, 4) is 55.6 Å². The Morgan fingerprint density at radius 2 is 1.05 bits per heavy atom. The van der Waals surface area contributed by atoms with Gasteiger partial charge in [0.05, 0.1) is 0 Å². The third-order valence-electron chi connectivity index (χ3n) is 15.1. The van der Waals surface area contributed by atoms with Crippen LogP contribution in [0.5, 0.6) is 0 Å². The first kappa shape index (κ1) is 44.9. The summed E-state index contributed by atoms with van der Waals surface area (Å²) in [6.07, 6.45) is 6.42. The summed E-state index contributed by atoms with van der Waals surface area (Å²) in [5.41, 5.74) is 29.6. The fourth-order valence-electron chi connectivity index (χ4n) is 11.2. The molecule has 0 unspecified atom stereocenters. The third kappa shape index (κ3) is 8.41. The van der Waals surface area contributed by atoms with E-state index in [0.29, 0.717) is 0 Å². The summed E-state index contributed by atoms with van der Waals surface area (Å²) < 4.78 is 0. The zero-order chi connectivity index (χ0) is 46.3. The molecular weight excluding hydrogens is 793 g/mol. The standard InChI is InChI=1S/2C24H24.C18H20/c1-15-7-6-8-18(12-15)19-9-10-21-20(14-19)23-17(3)11-16(2)13-22(23)24(21,4)5;1-17-13-15-20(16-14-17)23-12-6-11-22(19-8-5-9-19)24(23)21-10-4-3-7-18(21)2;1-4-7-13-10-11-15-14-8-5-6-9-16(14)18(2,3)17(15)12-13/h6-14H,1-5H3;3-4,6-7,10-16,19H,5,8-9H2,1-2H3;5-6,8-12H,4,7H2,1-3H3. The van der Waals surface area contributed by atoms with E-state index in [1.165, 1.54) is 149 Å². The van der Waals surface area contributed by atoms with E-state index in [4.69, 9.17) is 0 Å². The van der Waals surface area contributed by atoms with Crippen molar-refractivity contribution in [3.05, 3.63) is 225 Å². The maximum atomic E-state index is 2.42. The Morgan fingerprint density at radius 3 is 1.76 bits per heavy atom. The van der Waals surface area contributed by atoms with Crippen LogP contribution < -0.4 is 0 Å². The highest BCUT2D eigenvalue weighted by Gasteiger charge is 2.37. The van der Waals surface area contributed by atoms with Gasteiger partial charge in [0.15, 0.2) is 0 Å². The van der Waals surface area contributed by atoms with Crippen LogP contribution in [0.25, 0.3) is 55.6 Å². The molecule has 0 radical (unpaired) electrons. The Morgan fingerprint density at radius 1 is 0.409 bits per heavy atom. The SMILES string of the molecule is CCCc1ccc2c(c1)C(C)(C)c1ccccc1-2.Cc1ccc(-c2cccc(C3CCC3)c2-c2ccccc2C)cc1.Cc1cccc(-c2ccc3c(c2)-c2c(C)cc(C)cc2C3(C)C)c1. The quantitative estimate of drug-likeness (QED) is 0.156. The zero-order valence-corrected chi connectivity index (χ0v) is 41.2. The van der Waals surface area contributed by atoms with Gasteiger partial charge in [-0.15, -0.1) is 0 Å². The summed E-state index contributed by atoms with van der Waals surface area (Å²) in [4.78, 5) is 0. The normalized spacial score (nSPS) is 14.6. The number of hydrogen-bond donors (Lipinski definition) is 0. The summed E-state index contributed by atoms with van der Waals surface area (Å²) in [5.74, 6) is 0.727. The molecule has 0 heteroatoms. The van der Waals surface area contributed by atoms with Crippen molar-refractivity contribution >= 4 is 0 Å². The van der Waals surface area contributed by atoms with Crippen LogP contribution in [0.15, 0.2) is 164 Å². The van der Waals surface area contributed by atoms with Gasteiger partial charge in [-0.05, 0) is 166 Å². The lowest BCUT2D eigenvalue weighted by molar-refractivity contribution is 0.420. The predicted octanol–water partition coefficient (Wildman–Crippen LogP) is 18.4. The predicted molar refractivity (Wildman–Crippen MR) is 285 cm³/mol. The minimum absolute atomic E-state index is 0.0760. The molecule has 0 nitrogen and oxygen atoms in total. The van der Waals surface area contributed by atoms with Crippen LogP contribution in [0.4, 0.5) is 0 Å². The summed E-state index contributed by atoms with van der Waals surface area (Å²) >= 11 is 0. The topological polar surface area (TPSA) is 0 Å². The van der Waals surface area contributed by atoms with Gasteiger partial charge in [0.1, 0.15) is 0 Å². The van der Waals surface area contributed by atoms with E-state index in [1.807, 2.05) is 0 Å². The van der Waals surface area contributed by atoms with Crippen molar-refractivity contribution in [1.29, 1.82) is 0 Å². The van der Waals surface area contributed by atoms with E-state index in [1.54, 1.807) is 0 Å². The smallest absolute Gasteiger partial charge is 0.0159 e. The molecule has 8 aromatic carbocycles. The van der Waals surface area contributed by atoms with Crippen LogP contribution in [0.2, 0.25) is 0 Å². The molecule has 8 aromatic rings. The Labute approximate surface area is 396 Å². The van der Waals surface area contributed by atoms with Gasteiger partial charge in [-0.1, -0.05) is 222 Å². The highest BCUT2D eigenvalue weighted by atomic mass is 14.4. The zero-order valence-electron chi connectivity index (χ0n) is 41.2. The molecule has 0 spiro atoms. The van der Waals surface area contributed by atoms with Crippen LogP contribution >= 0.6 is 0 Å². The first-order chi connectivity index (χ1) is 31.8. The average Bonchev–Trinajstić information content (AvgIpc) is 3.65. The fraction of sp³-hybridized carbons (Fsp3) is 0.273. The third-order valence-corrected chi connectivity index (χ3v) is 15.1. The van der Waals surface area contributed by atoms with Gasteiger partial charge in [-0.25, -0.2) is 0 Å². The molecular formula is C66H68. The number of rotatable bonds is 6. The van der Waals surface area contributed by atoms with Crippen molar-refractivity contribution in [2.45, 2.75) is 118 Å². The number of hydrogen-bond acceptors (Lipinski definition) is 0. The summed E-state index contributed by atoms with van der Waals surface area (Å²) in [6, 6.07) is 60.9. The van der Waals surface area contributed by atoms with Gasteiger partial charge in [0, 0.05) is 10.8 Å². The molecule has 0 atom stereocenters. The molecule has 0 amide bonds. The molecule has 0 bridgehead atoms. The first-order valence-electron chi connectivity index (χ1n) is 24.6. The van der Waals surface area contributed by atoms with Gasteiger partial charge < -0.3 is 0 Å². The second-order valence-electron chi connectivity index (χ2n) is 20.6. The Balaban J connectivity index is 0.000000126. The molecule has 0 aromatic heterocycles. The van der Waals surface area contributed by atoms with Crippen LogP contribution in [0.1, 0.15) is 127 Å². The average molecular weight is 861 g/mol. The molecule has 0 N–H and O–H groups in total. The fourth-order valence-corrected chi connectivity index (χ4v) is 11.2. The summed E-state index contributed by atoms with van der Waals surface area (Å²) in [6.45, 7) is 22.6. The molecule has 1 saturated carbocycles. The lowest BCUT2D eigenvalue weighted by atomic mass is 9.75. The van der Waals surface area contributed by atoms with E-state index in [2.05, 4.69) is 233 Å². The minimum atomic E-state index is 0.0760. The molecule has 3 aliphatic carbocycles. The van der Waals surface area contributed by atoms with Gasteiger partial charge in [0.2, 0.25) is 0 Å². The van der Waals surface area contributed by atoms with Crippen LogP contribution in [-0.4, -0.2) is 0 Å². The lowest BCUT2D eigenvalue weighted by Gasteiger charge is -2.30. The summed E-state index contributed by atoms with van der Waals surface area (Å²) in [5, 5.41) is 0. The van der Waals surface area contributed by atoms with Gasteiger partial charge in [0.25, 0.3) is 0 Å². The second kappa shape index (κ2) is 18.2. The lowest BCUT2D eigenvalue weighted by Crippen LogP contribution is -2.15. The van der Waals surface area contributed by atoms with Gasteiger partial charge in [-0.2, -0.15) is 0 Å². The van der Waals surface area contributed by atoms with E-state index >= 15 is 0 Å². The summed E-state index contributed by atoms with van der Waals surface area (Å²) in [7, 11) is 0. The molecule has 332 valence electrons. The Bertz CT molecular complexity index is 3050. The van der Waals surface area contributed by atoms with E-state index in [0.717, 1.165) is 5.92 Å². The largest absolute Gasteiger partial charge is 0.0651 e. The van der Waals surface area contributed by atoms with Gasteiger partial charge >= 0.3 is 0 Å². The number of fused-ring (bicyclic) bond motifs is 6. The molecule has 3 aliphatic rings. The Kier molecular flexibility index (Phi) is 12.4. The highest BCUT2D eigenvalue weighted by molar-refractivity contribution is 5.88. The number of aryl methyl sites for hydroxylation is 6. The minimum Gasteiger partial charge on any atom is -0.0651 e. The van der Waals surface area contributed by atoms with Crippen LogP contribution in [0.3, 0.4) is 0 Å². The van der Waals surface area contributed by atoms with E-state index in [-0.39, 0.29) is 10.8 Å². The molecule has 0 saturated heterocycles. The van der Waals surface area contributed by atoms with Crippen molar-refractivity contribution in [2.24, 2.45) is 0 Å². The Hall–Kier alpha value is -6.24. The molecule has 11 rings (SSSR count). The van der Waals surface area contributed by atoms with E-state index < -0.39 is 0 Å². The molecule has 1 fully saturated rings. The van der Waals surface area contributed by atoms with Crippen LogP contribution in [0, 0.1) is 34.6 Å². The van der Waals surface area contributed by atoms with Crippen molar-refractivity contribution in [1.82, 2.24) is 0 Å². The molecule has 0 heterocycles. The van der Waals surface area contributed by atoms with Crippen molar-refractivity contribution < 1.29 is 0 Å². The molecule has 66 heavy (non-hydrogen) atoms. The molecule has 0 aliphatic heterocycles. The van der Waals surface area contributed by atoms with E-state index in [9.17, 15) is 0 Å². The first-order valence-corrected chi connectivity index (χ1v) is 24.6. The van der Waals surface area contributed by atoms with Crippen molar-refractivity contribution in [2.75, 3.05) is 0 Å². The van der Waals surface area contributed by atoms with Gasteiger partial charge in [-0.3, -0.25) is 0 Å². The highest BCUT2D eigenvalue weighted by Crippen LogP contribution is 2.52. The maximum absolute atomic E-state index is 2.42. The van der Waals surface area contributed by atoms with Crippen LogP contribution in [-0.2, 0) is 17.3 Å². The maximum Gasteiger partial charge on any atom is 0.0159 e.